The monoisotopic (exact) mass is 401 g/mol. The molecule has 0 unspecified atom stereocenters. The van der Waals surface area contributed by atoms with Gasteiger partial charge >= 0.3 is 0 Å². The van der Waals surface area contributed by atoms with Crippen LogP contribution in [0.5, 0.6) is 0 Å². The van der Waals surface area contributed by atoms with Crippen molar-refractivity contribution in [1.29, 1.82) is 0 Å². The lowest BCUT2D eigenvalue weighted by Crippen LogP contribution is -2.38. The van der Waals surface area contributed by atoms with E-state index in [4.69, 9.17) is 4.99 Å². The zero-order chi connectivity index (χ0) is 20.8. The van der Waals surface area contributed by atoms with Crippen LogP contribution in [0.15, 0.2) is 60.0 Å². The Morgan fingerprint density at radius 1 is 1.13 bits per heavy atom. The number of nitrogens with one attached hydrogen (secondary N) is 4. The summed E-state index contributed by atoms with van der Waals surface area (Å²) in [4.78, 5) is 12.3. The van der Waals surface area contributed by atoms with Gasteiger partial charge in [-0.25, -0.2) is 9.98 Å². The molecule has 30 heavy (non-hydrogen) atoms. The number of benzene rings is 2. The number of hydrogen-bond donors (Lipinski definition) is 4. The van der Waals surface area contributed by atoms with Gasteiger partial charge < -0.3 is 15.6 Å². The molecule has 4 rings (SSSR count). The first kappa shape index (κ1) is 19.7. The van der Waals surface area contributed by atoms with E-state index >= 15 is 0 Å². The van der Waals surface area contributed by atoms with E-state index < -0.39 is 0 Å². The summed E-state index contributed by atoms with van der Waals surface area (Å²) < 4.78 is 0. The molecule has 0 radical (unpaired) electrons. The van der Waals surface area contributed by atoms with Crippen LogP contribution in [0.25, 0.3) is 22.3 Å². The maximum Gasteiger partial charge on any atom is 0.191 e. The number of aromatic nitrogens is 4. The number of guanidine groups is 1. The standard InChI is InChI=1S/C23H27N7/c1-3-24-23(25-11-10-19-14-26-20-9-4-6-16(2)21(19)20)27-13-17-7-5-8-18(12-17)22-28-15-29-30-22/h4-9,12,14-15,26H,3,10-11,13H2,1-2H3,(H2,24,25,27)(H,28,29,30). The average molecular weight is 402 g/mol. The Morgan fingerprint density at radius 2 is 2.03 bits per heavy atom. The quantitative estimate of drug-likeness (QED) is 0.281. The zero-order valence-corrected chi connectivity index (χ0v) is 17.4. The van der Waals surface area contributed by atoms with Gasteiger partial charge in [0.15, 0.2) is 11.8 Å². The van der Waals surface area contributed by atoms with Gasteiger partial charge in [-0.2, -0.15) is 5.10 Å². The fraction of sp³-hybridized carbons (Fsp3) is 0.261. The molecule has 0 amide bonds. The summed E-state index contributed by atoms with van der Waals surface area (Å²) in [5.41, 5.74) is 5.95. The highest BCUT2D eigenvalue weighted by Crippen LogP contribution is 2.22. The number of H-pyrrole nitrogens is 2. The van der Waals surface area contributed by atoms with Crippen molar-refractivity contribution in [3.8, 4) is 11.4 Å². The van der Waals surface area contributed by atoms with E-state index in [1.807, 2.05) is 12.1 Å². The summed E-state index contributed by atoms with van der Waals surface area (Å²) in [6, 6.07) is 14.6. The van der Waals surface area contributed by atoms with Gasteiger partial charge in [0.05, 0.1) is 6.54 Å². The maximum atomic E-state index is 4.75. The third kappa shape index (κ3) is 4.51. The van der Waals surface area contributed by atoms with Gasteiger partial charge in [0, 0.05) is 35.8 Å². The normalized spacial score (nSPS) is 11.7. The Labute approximate surface area is 176 Å². The van der Waals surface area contributed by atoms with Crippen LogP contribution in [0, 0.1) is 6.92 Å². The van der Waals surface area contributed by atoms with Gasteiger partial charge in [-0.3, -0.25) is 5.10 Å². The number of fused-ring (bicyclic) bond motifs is 1. The molecule has 2 aromatic carbocycles. The van der Waals surface area contributed by atoms with E-state index in [1.165, 1.54) is 28.4 Å². The lowest BCUT2D eigenvalue weighted by Gasteiger charge is -2.11. The Hall–Kier alpha value is -3.61. The summed E-state index contributed by atoms with van der Waals surface area (Å²) in [6.07, 6.45) is 4.55. The first-order valence-corrected chi connectivity index (χ1v) is 10.3. The summed E-state index contributed by atoms with van der Waals surface area (Å²) in [5.74, 6) is 1.58. The van der Waals surface area contributed by atoms with Crippen molar-refractivity contribution in [2.45, 2.75) is 26.8 Å². The van der Waals surface area contributed by atoms with Crippen molar-refractivity contribution < 1.29 is 0 Å². The Balaban J connectivity index is 1.40. The van der Waals surface area contributed by atoms with E-state index in [1.54, 1.807) is 0 Å². The summed E-state index contributed by atoms with van der Waals surface area (Å²) in [5, 5.41) is 14.9. The third-order valence-corrected chi connectivity index (χ3v) is 5.06. The van der Waals surface area contributed by atoms with E-state index in [0.29, 0.717) is 6.54 Å². The highest BCUT2D eigenvalue weighted by atomic mass is 15.2. The second-order valence-electron chi connectivity index (χ2n) is 7.22. The number of hydrogen-bond acceptors (Lipinski definition) is 3. The van der Waals surface area contributed by atoms with E-state index in [-0.39, 0.29) is 0 Å². The van der Waals surface area contributed by atoms with Crippen LogP contribution in [0.4, 0.5) is 0 Å². The summed E-state index contributed by atoms with van der Waals surface area (Å²) >= 11 is 0. The molecule has 154 valence electrons. The molecule has 0 aliphatic heterocycles. The molecule has 0 saturated heterocycles. The molecule has 4 aromatic rings. The van der Waals surface area contributed by atoms with Gasteiger partial charge in [0.25, 0.3) is 0 Å². The minimum atomic E-state index is 0.587. The fourth-order valence-corrected chi connectivity index (χ4v) is 3.64. The van der Waals surface area contributed by atoms with Crippen molar-refractivity contribution in [3.05, 3.63) is 71.7 Å². The van der Waals surface area contributed by atoms with E-state index in [9.17, 15) is 0 Å². The van der Waals surface area contributed by atoms with Gasteiger partial charge in [0.1, 0.15) is 6.33 Å². The second-order valence-corrected chi connectivity index (χ2v) is 7.22. The molecule has 7 heteroatoms. The highest BCUT2D eigenvalue weighted by Gasteiger charge is 2.07. The zero-order valence-electron chi connectivity index (χ0n) is 17.4. The first-order chi connectivity index (χ1) is 14.7. The molecule has 0 aliphatic rings. The van der Waals surface area contributed by atoms with Crippen molar-refractivity contribution in [1.82, 2.24) is 30.8 Å². The molecule has 0 fully saturated rings. The van der Waals surface area contributed by atoms with Crippen molar-refractivity contribution in [2.75, 3.05) is 13.1 Å². The predicted octanol–water partition coefficient (Wildman–Crippen LogP) is 3.56. The van der Waals surface area contributed by atoms with Crippen LogP contribution in [0.3, 0.4) is 0 Å². The van der Waals surface area contributed by atoms with Crippen LogP contribution in [0.1, 0.15) is 23.6 Å². The molecule has 7 nitrogen and oxygen atoms in total. The van der Waals surface area contributed by atoms with Gasteiger partial charge in [-0.15, -0.1) is 0 Å². The largest absolute Gasteiger partial charge is 0.361 e. The van der Waals surface area contributed by atoms with Crippen molar-refractivity contribution in [2.24, 2.45) is 4.99 Å². The number of nitrogens with zero attached hydrogens (tertiary/aromatic N) is 3. The van der Waals surface area contributed by atoms with E-state index in [2.05, 4.69) is 81.2 Å². The lowest BCUT2D eigenvalue weighted by molar-refractivity contribution is 0.801. The summed E-state index contributed by atoms with van der Waals surface area (Å²) in [7, 11) is 0. The minimum Gasteiger partial charge on any atom is -0.361 e. The molecule has 2 aromatic heterocycles. The highest BCUT2D eigenvalue weighted by molar-refractivity contribution is 5.86. The summed E-state index contributed by atoms with van der Waals surface area (Å²) in [6.45, 7) is 6.45. The van der Waals surface area contributed by atoms with Crippen LogP contribution < -0.4 is 10.6 Å². The lowest BCUT2D eigenvalue weighted by atomic mass is 10.1. The molecule has 0 spiro atoms. The average Bonchev–Trinajstić information content (AvgIpc) is 3.43. The van der Waals surface area contributed by atoms with Crippen LogP contribution in [-0.4, -0.2) is 39.2 Å². The third-order valence-electron chi connectivity index (χ3n) is 5.06. The molecule has 0 atom stereocenters. The molecule has 4 N–H and O–H groups in total. The topological polar surface area (TPSA) is 93.8 Å². The van der Waals surface area contributed by atoms with Gasteiger partial charge in [0.2, 0.25) is 0 Å². The Bertz CT molecular complexity index is 1130. The van der Waals surface area contributed by atoms with Gasteiger partial charge in [-0.1, -0.05) is 30.3 Å². The van der Waals surface area contributed by atoms with Crippen LogP contribution in [0.2, 0.25) is 0 Å². The molecule has 0 bridgehead atoms. The van der Waals surface area contributed by atoms with Crippen molar-refractivity contribution in [3.63, 3.8) is 0 Å². The predicted molar refractivity (Wildman–Crippen MR) is 121 cm³/mol. The molecule has 0 saturated carbocycles. The number of aliphatic imine (C=N–C) groups is 1. The molecule has 2 heterocycles. The van der Waals surface area contributed by atoms with Gasteiger partial charge in [-0.05, 0) is 49.1 Å². The number of rotatable bonds is 7. The van der Waals surface area contributed by atoms with Crippen LogP contribution >= 0.6 is 0 Å². The second kappa shape index (κ2) is 9.26. The molecule has 0 aliphatic carbocycles. The molecular formula is C23H27N7. The SMILES string of the molecule is CCNC(=NCc1cccc(-c2ncn[nH]2)c1)NCCc1c[nH]c2cccc(C)c12. The van der Waals surface area contributed by atoms with E-state index in [0.717, 1.165) is 42.4 Å². The first-order valence-electron chi connectivity index (χ1n) is 10.3. The molecular weight excluding hydrogens is 374 g/mol. The number of aryl methyl sites for hydroxylation is 1. The van der Waals surface area contributed by atoms with Crippen molar-refractivity contribution >= 4 is 16.9 Å². The number of aromatic amines is 2. The maximum absolute atomic E-state index is 4.75. The Kier molecular flexibility index (Phi) is 6.08. The minimum absolute atomic E-state index is 0.587. The Morgan fingerprint density at radius 3 is 2.87 bits per heavy atom. The van der Waals surface area contributed by atoms with Crippen LogP contribution in [-0.2, 0) is 13.0 Å². The fourth-order valence-electron chi connectivity index (χ4n) is 3.64. The smallest absolute Gasteiger partial charge is 0.191 e.